The van der Waals surface area contributed by atoms with Gasteiger partial charge in [-0.05, 0) is 23.8 Å². The minimum Gasteiger partial charge on any atom is -0.497 e. The van der Waals surface area contributed by atoms with Crippen molar-refractivity contribution in [2.24, 2.45) is 0 Å². The number of nitro groups is 2. The topological polar surface area (TPSA) is 123 Å². The molecule has 1 aliphatic rings. The second kappa shape index (κ2) is 8.90. The molecule has 0 saturated heterocycles. The predicted molar refractivity (Wildman–Crippen MR) is 113 cm³/mol. The van der Waals surface area contributed by atoms with E-state index in [1.165, 1.54) is 30.3 Å². The summed E-state index contributed by atoms with van der Waals surface area (Å²) in [4.78, 5) is 21.6. The van der Waals surface area contributed by atoms with Crippen molar-refractivity contribution in [2.75, 3.05) is 13.9 Å². The summed E-state index contributed by atoms with van der Waals surface area (Å²) in [6.45, 7) is 0.191. The molecule has 0 radical (unpaired) electrons. The summed E-state index contributed by atoms with van der Waals surface area (Å²) in [6, 6.07) is 14.1. The van der Waals surface area contributed by atoms with Gasteiger partial charge in [-0.1, -0.05) is 12.1 Å². The zero-order valence-electron chi connectivity index (χ0n) is 17.0. The lowest BCUT2D eigenvalue weighted by Crippen LogP contribution is -2.14. The van der Waals surface area contributed by atoms with Crippen LogP contribution < -0.4 is 14.2 Å². The highest BCUT2D eigenvalue weighted by molar-refractivity contribution is 5.73. The third-order valence-corrected chi connectivity index (χ3v) is 4.94. The molecule has 0 saturated carbocycles. The van der Waals surface area contributed by atoms with Crippen LogP contribution in [0.1, 0.15) is 11.1 Å². The van der Waals surface area contributed by atoms with Crippen molar-refractivity contribution in [3.63, 3.8) is 0 Å². The Morgan fingerprint density at radius 3 is 2.41 bits per heavy atom. The number of rotatable bonds is 7. The van der Waals surface area contributed by atoms with Crippen LogP contribution in [0.4, 0.5) is 11.4 Å². The first kappa shape index (κ1) is 21.1. The van der Waals surface area contributed by atoms with Crippen molar-refractivity contribution in [1.29, 1.82) is 0 Å². The molecule has 0 aromatic heterocycles. The fraction of sp³-hybridized carbons (Fsp3) is 0.182. The Morgan fingerprint density at radius 2 is 1.72 bits per heavy atom. The number of ether oxygens (including phenoxy) is 4. The van der Waals surface area contributed by atoms with Gasteiger partial charge in [0.05, 0.1) is 23.6 Å². The number of benzene rings is 3. The van der Waals surface area contributed by atoms with E-state index in [1.54, 1.807) is 31.4 Å². The summed E-state index contributed by atoms with van der Waals surface area (Å²) >= 11 is 0. The largest absolute Gasteiger partial charge is 0.497 e. The predicted octanol–water partition coefficient (Wildman–Crippen LogP) is 4.62. The number of methoxy groups -OCH3 is 1. The Kier molecular flexibility index (Phi) is 5.86. The van der Waals surface area contributed by atoms with E-state index in [1.807, 2.05) is 0 Å². The van der Waals surface area contributed by atoms with Gasteiger partial charge in [0, 0.05) is 41.0 Å². The quantitative estimate of drug-likeness (QED) is 0.387. The summed E-state index contributed by atoms with van der Waals surface area (Å²) in [5.41, 5.74) is 2.05. The Bertz CT molecular complexity index is 1180. The highest BCUT2D eigenvalue weighted by Gasteiger charge is 2.22. The van der Waals surface area contributed by atoms with Crippen LogP contribution in [0.5, 0.6) is 17.2 Å². The van der Waals surface area contributed by atoms with Crippen LogP contribution in [0.3, 0.4) is 0 Å². The average molecular weight is 438 g/mol. The smallest absolute Gasteiger partial charge is 0.270 e. The van der Waals surface area contributed by atoms with E-state index in [9.17, 15) is 20.2 Å². The maximum atomic E-state index is 11.3. The number of nitro benzene ring substituents is 2. The van der Waals surface area contributed by atoms with Gasteiger partial charge in [-0.15, -0.1) is 0 Å². The molecule has 1 heterocycles. The summed E-state index contributed by atoms with van der Waals surface area (Å²) in [7, 11) is 1.55. The molecule has 0 atom stereocenters. The van der Waals surface area contributed by atoms with Crippen LogP contribution in [0, 0.1) is 20.2 Å². The second-order valence-corrected chi connectivity index (χ2v) is 6.92. The van der Waals surface area contributed by atoms with Gasteiger partial charge in [0.2, 0.25) is 0 Å². The van der Waals surface area contributed by atoms with Crippen LogP contribution >= 0.6 is 0 Å². The molecule has 10 nitrogen and oxygen atoms in total. The summed E-state index contributed by atoms with van der Waals surface area (Å²) in [5, 5.41) is 22.6. The molecule has 10 heteroatoms. The Hall–Kier alpha value is -4.18. The Balaban J connectivity index is 1.70. The van der Waals surface area contributed by atoms with Crippen molar-refractivity contribution in [1.82, 2.24) is 0 Å². The molecule has 0 aliphatic carbocycles. The van der Waals surface area contributed by atoms with Gasteiger partial charge in [-0.2, -0.15) is 0 Å². The Labute approximate surface area is 182 Å². The Morgan fingerprint density at radius 1 is 0.969 bits per heavy atom. The second-order valence-electron chi connectivity index (χ2n) is 6.92. The first-order valence-electron chi connectivity index (χ1n) is 9.52. The van der Waals surface area contributed by atoms with Gasteiger partial charge in [-0.25, -0.2) is 0 Å². The highest BCUT2D eigenvalue weighted by Crippen LogP contribution is 2.37. The van der Waals surface area contributed by atoms with E-state index < -0.39 is 9.85 Å². The molecular formula is C22H18N2O8. The molecule has 164 valence electrons. The first-order valence-corrected chi connectivity index (χ1v) is 9.52. The minimum atomic E-state index is -0.493. The molecule has 0 spiro atoms. The lowest BCUT2D eigenvalue weighted by molar-refractivity contribution is -0.385. The normalized spacial score (nSPS) is 12.4. The minimum absolute atomic E-state index is 0.0342. The summed E-state index contributed by atoms with van der Waals surface area (Å²) in [6.07, 6.45) is 0. The zero-order valence-corrected chi connectivity index (χ0v) is 17.0. The average Bonchev–Trinajstić information content (AvgIpc) is 2.82. The van der Waals surface area contributed by atoms with Gasteiger partial charge in [0.25, 0.3) is 11.4 Å². The van der Waals surface area contributed by atoms with E-state index >= 15 is 0 Å². The van der Waals surface area contributed by atoms with E-state index in [0.29, 0.717) is 39.5 Å². The third kappa shape index (κ3) is 4.30. The molecule has 0 bridgehead atoms. The molecule has 3 aromatic rings. The van der Waals surface area contributed by atoms with E-state index in [2.05, 4.69) is 0 Å². The number of hydrogen-bond acceptors (Lipinski definition) is 8. The lowest BCUT2D eigenvalue weighted by Gasteiger charge is -2.21. The number of nitrogens with zero attached hydrogens (tertiary/aromatic N) is 2. The molecular weight excluding hydrogens is 420 g/mol. The van der Waals surface area contributed by atoms with Crippen LogP contribution in [0.15, 0.2) is 54.6 Å². The molecule has 0 N–H and O–H groups in total. The van der Waals surface area contributed by atoms with Crippen LogP contribution in [0.25, 0.3) is 11.1 Å². The SMILES string of the molecule is COc1ccc(-c2cc([N+](=O)[O-])ccc2OCc2cc([N+](=O)[O-])cc3c2OCOC3)cc1. The first-order chi connectivity index (χ1) is 15.5. The van der Waals surface area contributed by atoms with Crippen LogP contribution in [-0.4, -0.2) is 23.7 Å². The number of hydrogen-bond donors (Lipinski definition) is 0. The fourth-order valence-corrected chi connectivity index (χ4v) is 3.40. The standard InChI is InChI=1S/C22H18N2O8/c1-29-19-5-2-14(3-6-19)20-10-17(23(25)26)4-7-21(20)31-12-16-9-18(24(27)28)8-15-11-30-13-32-22(15)16/h2-10H,11-13H2,1H3. The van der Waals surface area contributed by atoms with Crippen molar-refractivity contribution >= 4 is 11.4 Å². The van der Waals surface area contributed by atoms with Gasteiger partial charge in [-0.3, -0.25) is 20.2 Å². The van der Waals surface area contributed by atoms with E-state index in [4.69, 9.17) is 18.9 Å². The zero-order chi connectivity index (χ0) is 22.7. The summed E-state index contributed by atoms with van der Waals surface area (Å²) < 4.78 is 21.9. The molecule has 1 aliphatic heterocycles. The van der Waals surface area contributed by atoms with Gasteiger partial charge in [0.1, 0.15) is 23.9 Å². The maximum Gasteiger partial charge on any atom is 0.270 e. The van der Waals surface area contributed by atoms with Crippen molar-refractivity contribution in [3.05, 3.63) is 86.0 Å². The molecule has 32 heavy (non-hydrogen) atoms. The van der Waals surface area contributed by atoms with E-state index in [-0.39, 0.29) is 31.4 Å². The van der Waals surface area contributed by atoms with Crippen molar-refractivity contribution in [2.45, 2.75) is 13.2 Å². The van der Waals surface area contributed by atoms with Gasteiger partial charge < -0.3 is 18.9 Å². The molecule has 0 amide bonds. The number of non-ortho nitro benzene ring substituents is 2. The van der Waals surface area contributed by atoms with Gasteiger partial charge in [0.15, 0.2) is 6.79 Å². The summed E-state index contributed by atoms with van der Waals surface area (Å²) in [5.74, 6) is 1.51. The fourth-order valence-electron chi connectivity index (χ4n) is 3.40. The van der Waals surface area contributed by atoms with Crippen molar-refractivity contribution < 1.29 is 28.8 Å². The van der Waals surface area contributed by atoms with E-state index in [0.717, 1.165) is 0 Å². The maximum absolute atomic E-state index is 11.3. The molecule has 0 fully saturated rings. The van der Waals surface area contributed by atoms with Crippen LogP contribution in [-0.2, 0) is 18.0 Å². The van der Waals surface area contributed by atoms with Crippen molar-refractivity contribution in [3.8, 4) is 28.4 Å². The molecule has 0 unspecified atom stereocenters. The molecule has 3 aromatic carbocycles. The lowest BCUT2D eigenvalue weighted by atomic mass is 10.0. The third-order valence-electron chi connectivity index (χ3n) is 4.94. The highest BCUT2D eigenvalue weighted by atomic mass is 16.7. The van der Waals surface area contributed by atoms with Crippen LogP contribution in [0.2, 0.25) is 0 Å². The molecule has 4 rings (SSSR count). The number of fused-ring (bicyclic) bond motifs is 1. The van der Waals surface area contributed by atoms with Gasteiger partial charge >= 0.3 is 0 Å². The monoisotopic (exact) mass is 438 g/mol.